The Labute approximate surface area is 66.1 Å². The van der Waals surface area contributed by atoms with Gasteiger partial charge in [-0.25, -0.2) is 0 Å². The summed E-state index contributed by atoms with van der Waals surface area (Å²) in [5, 5.41) is 2.68. The van der Waals surface area contributed by atoms with Crippen LogP contribution in [0.4, 0.5) is 0 Å². The number of carbonyl (C=O) groups excluding carboxylic acids is 1. The van der Waals surface area contributed by atoms with Crippen molar-refractivity contribution in [3.8, 4) is 0 Å². The zero-order valence-electron chi connectivity index (χ0n) is 6.51. The molecule has 1 amide bonds. The molecule has 1 saturated heterocycles. The van der Waals surface area contributed by atoms with Gasteiger partial charge in [-0.3, -0.25) is 4.79 Å². The third-order valence-corrected chi connectivity index (χ3v) is 1.69. The molecular formula is C7H14N2O2. The van der Waals surface area contributed by atoms with Crippen molar-refractivity contribution in [3.05, 3.63) is 0 Å². The first-order chi connectivity index (χ1) is 5.33. The molecule has 0 aromatic carbocycles. The number of hydrogen-bond donors (Lipinski definition) is 2. The highest BCUT2D eigenvalue weighted by Gasteiger charge is 2.14. The van der Waals surface area contributed by atoms with E-state index in [0.717, 1.165) is 25.9 Å². The molecule has 1 heterocycles. The lowest BCUT2D eigenvalue weighted by atomic mass is 10.2. The van der Waals surface area contributed by atoms with Crippen molar-refractivity contribution in [2.45, 2.75) is 25.5 Å². The Kier molecular flexibility index (Phi) is 3.32. The van der Waals surface area contributed by atoms with E-state index in [1.54, 1.807) is 0 Å². The van der Waals surface area contributed by atoms with Crippen LogP contribution < -0.4 is 11.1 Å². The van der Waals surface area contributed by atoms with Crippen molar-refractivity contribution in [1.82, 2.24) is 5.32 Å². The minimum Gasteiger partial charge on any atom is -0.359 e. The van der Waals surface area contributed by atoms with Crippen LogP contribution in [0.25, 0.3) is 0 Å². The smallest absolute Gasteiger partial charge is 0.235 e. The number of hydrogen-bond acceptors (Lipinski definition) is 3. The van der Waals surface area contributed by atoms with Crippen molar-refractivity contribution in [2.75, 3.05) is 13.2 Å². The van der Waals surface area contributed by atoms with Gasteiger partial charge in [0.1, 0.15) is 6.23 Å². The molecule has 1 rings (SSSR count). The largest absolute Gasteiger partial charge is 0.359 e. The maximum absolute atomic E-state index is 10.8. The highest BCUT2D eigenvalue weighted by atomic mass is 16.5. The molecule has 0 aliphatic carbocycles. The first-order valence-corrected chi connectivity index (χ1v) is 3.94. The number of ether oxygens (including phenoxy) is 1. The second-order valence-electron chi connectivity index (χ2n) is 2.63. The van der Waals surface area contributed by atoms with Gasteiger partial charge in [0.05, 0.1) is 6.54 Å². The van der Waals surface area contributed by atoms with Crippen LogP contribution in [-0.2, 0) is 9.53 Å². The van der Waals surface area contributed by atoms with E-state index in [9.17, 15) is 4.79 Å². The Morgan fingerprint density at radius 2 is 2.45 bits per heavy atom. The molecule has 4 heteroatoms. The van der Waals surface area contributed by atoms with Crippen molar-refractivity contribution in [2.24, 2.45) is 5.73 Å². The SMILES string of the molecule is NCC(=O)N[C@H]1CCCCO1. The van der Waals surface area contributed by atoms with Gasteiger partial charge in [0.25, 0.3) is 0 Å². The predicted molar refractivity (Wildman–Crippen MR) is 40.8 cm³/mol. The lowest BCUT2D eigenvalue weighted by Gasteiger charge is -2.22. The van der Waals surface area contributed by atoms with Crippen LogP contribution in [0.5, 0.6) is 0 Å². The zero-order valence-corrected chi connectivity index (χ0v) is 6.51. The van der Waals surface area contributed by atoms with Crippen molar-refractivity contribution < 1.29 is 9.53 Å². The van der Waals surface area contributed by atoms with Gasteiger partial charge < -0.3 is 15.8 Å². The first kappa shape index (κ1) is 8.49. The van der Waals surface area contributed by atoms with Crippen molar-refractivity contribution in [3.63, 3.8) is 0 Å². The molecule has 3 N–H and O–H groups in total. The summed E-state index contributed by atoms with van der Waals surface area (Å²) in [7, 11) is 0. The van der Waals surface area contributed by atoms with E-state index in [2.05, 4.69) is 5.32 Å². The standard InChI is InChI=1S/C7H14N2O2/c8-5-6(10)9-7-3-1-2-4-11-7/h7H,1-5,8H2,(H,9,10)/t7-/m1/s1. The Balaban J connectivity index is 2.19. The van der Waals surface area contributed by atoms with Gasteiger partial charge in [-0.1, -0.05) is 0 Å². The minimum absolute atomic E-state index is 0.0415. The van der Waals surface area contributed by atoms with E-state index >= 15 is 0 Å². The Morgan fingerprint density at radius 1 is 1.64 bits per heavy atom. The van der Waals surface area contributed by atoms with Crippen LogP contribution in [0.1, 0.15) is 19.3 Å². The van der Waals surface area contributed by atoms with Crippen LogP contribution in [0.3, 0.4) is 0 Å². The first-order valence-electron chi connectivity index (χ1n) is 3.94. The minimum atomic E-state index is -0.142. The van der Waals surface area contributed by atoms with Crippen LogP contribution in [-0.4, -0.2) is 25.3 Å². The van der Waals surface area contributed by atoms with Crippen LogP contribution in [0, 0.1) is 0 Å². The molecule has 0 saturated carbocycles. The third-order valence-electron chi connectivity index (χ3n) is 1.69. The summed E-state index contributed by atoms with van der Waals surface area (Å²) in [6.45, 7) is 0.787. The summed E-state index contributed by atoms with van der Waals surface area (Å²) in [5.74, 6) is -0.142. The lowest BCUT2D eigenvalue weighted by Crippen LogP contribution is -2.41. The van der Waals surface area contributed by atoms with E-state index in [1.165, 1.54) is 0 Å². The molecule has 0 aromatic heterocycles. The summed E-state index contributed by atoms with van der Waals surface area (Å²) in [6.07, 6.45) is 3.02. The highest BCUT2D eigenvalue weighted by Crippen LogP contribution is 2.09. The number of carbonyl (C=O) groups is 1. The molecule has 0 aromatic rings. The van der Waals surface area contributed by atoms with Gasteiger partial charge in [-0.2, -0.15) is 0 Å². The van der Waals surface area contributed by atoms with Crippen LogP contribution in [0.15, 0.2) is 0 Å². The van der Waals surface area contributed by atoms with E-state index in [-0.39, 0.29) is 18.7 Å². The normalized spacial score (nSPS) is 24.6. The number of amides is 1. The second kappa shape index (κ2) is 4.31. The molecule has 0 radical (unpaired) electrons. The number of nitrogens with two attached hydrogens (primary N) is 1. The summed E-state index contributed by atoms with van der Waals surface area (Å²) in [5.41, 5.74) is 5.12. The topological polar surface area (TPSA) is 64.4 Å². The average Bonchev–Trinajstić information content (AvgIpc) is 2.06. The average molecular weight is 158 g/mol. The molecule has 1 atom stereocenters. The van der Waals surface area contributed by atoms with Gasteiger partial charge in [0.2, 0.25) is 5.91 Å². The van der Waals surface area contributed by atoms with Gasteiger partial charge in [0, 0.05) is 6.61 Å². The predicted octanol–water partition coefficient (Wildman–Crippen LogP) is -0.412. The maximum atomic E-state index is 10.8. The van der Waals surface area contributed by atoms with Crippen LogP contribution >= 0.6 is 0 Å². The lowest BCUT2D eigenvalue weighted by molar-refractivity contribution is -0.125. The molecule has 0 spiro atoms. The summed E-state index contributed by atoms with van der Waals surface area (Å²) >= 11 is 0. The number of rotatable bonds is 2. The molecule has 1 aliphatic rings. The van der Waals surface area contributed by atoms with Gasteiger partial charge in [-0.05, 0) is 19.3 Å². The van der Waals surface area contributed by atoms with E-state index in [1.807, 2.05) is 0 Å². The van der Waals surface area contributed by atoms with Crippen molar-refractivity contribution in [1.29, 1.82) is 0 Å². The fourth-order valence-corrected chi connectivity index (χ4v) is 1.09. The van der Waals surface area contributed by atoms with Crippen LogP contribution in [0.2, 0.25) is 0 Å². The van der Waals surface area contributed by atoms with E-state index < -0.39 is 0 Å². The quantitative estimate of drug-likeness (QED) is 0.574. The molecule has 4 nitrogen and oxygen atoms in total. The van der Waals surface area contributed by atoms with E-state index in [4.69, 9.17) is 10.5 Å². The Morgan fingerprint density at radius 3 is 3.00 bits per heavy atom. The molecule has 11 heavy (non-hydrogen) atoms. The number of nitrogens with one attached hydrogen (secondary N) is 1. The molecule has 1 fully saturated rings. The Bertz CT molecular complexity index is 132. The van der Waals surface area contributed by atoms with E-state index in [0.29, 0.717) is 0 Å². The molecule has 64 valence electrons. The molecular weight excluding hydrogens is 144 g/mol. The highest BCUT2D eigenvalue weighted by molar-refractivity contribution is 5.77. The summed E-state index contributed by atoms with van der Waals surface area (Å²) in [6, 6.07) is 0. The maximum Gasteiger partial charge on any atom is 0.235 e. The van der Waals surface area contributed by atoms with Gasteiger partial charge in [-0.15, -0.1) is 0 Å². The second-order valence-corrected chi connectivity index (χ2v) is 2.63. The van der Waals surface area contributed by atoms with Gasteiger partial charge >= 0.3 is 0 Å². The molecule has 0 unspecified atom stereocenters. The molecule has 0 bridgehead atoms. The Hall–Kier alpha value is -0.610. The molecule has 1 aliphatic heterocycles. The van der Waals surface area contributed by atoms with Gasteiger partial charge in [0.15, 0.2) is 0 Å². The zero-order chi connectivity index (χ0) is 8.10. The fourth-order valence-electron chi connectivity index (χ4n) is 1.09. The third kappa shape index (κ3) is 2.86. The monoisotopic (exact) mass is 158 g/mol. The fraction of sp³-hybridized carbons (Fsp3) is 0.857. The van der Waals surface area contributed by atoms with Crippen molar-refractivity contribution >= 4 is 5.91 Å². The summed E-state index contributed by atoms with van der Waals surface area (Å²) in [4.78, 5) is 10.8. The summed E-state index contributed by atoms with van der Waals surface area (Å²) < 4.78 is 5.26.